The van der Waals surface area contributed by atoms with E-state index in [0.29, 0.717) is 18.1 Å². The third-order valence-corrected chi connectivity index (χ3v) is 3.25. The Bertz CT molecular complexity index is 762. The molecule has 0 saturated heterocycles. The summed E-state index contributed by atoms with van der Waals surface area (Å²) in [5.74, 6) is -0.901. The van der Waals surface area contributed by atoms with Crippen molar-refractivity contribution >= 4 is 17.8 Å². The van der Waals surface area contributed by atoms with E-state index in [1.807, 2.05) is 30.3 Å². The molecule has 0 spiro atoms. The molecule has 8 nitrogen and oxygen atoms in total. The fourth-order valence-corrected chi connectivity index (χ4v) is 1.94. The smallest absolute Gasteiger partial charge is 0.344 e. The van der Waals surface area contributed by atoms with E-state index in [-0.39, 0.29) is 13.2 Å². The minimum absolute atomic E-state index is 0.314. The Morgan fingerprint density at radius 1 is 0.852 bits per heavy atom. The standard InChI is InChI=1S/C19H20N2O6/c20-17(22)10-21-18(23)12-27-19(24)13-26-16-8-6-15(7-9-16)25-11-14-4-2-1-3-5-14/h1-9H,10-13H2,(H2,20,22)(H,21,23). The Balaban J connectivity index is 1.67. The van der Waals surface area contributed by atoms with E-state index < -0.39 is 24.4 Å². The summed E-state index contributed by atoms with van der Waals surface area (Å²) in [4.78, 5) is 33.3. The molecular weight excluding hydrogens is 352 g/mol. The number of benzene rings is 2. The van der Waals surface area contributed by atoms with Gasteiger partial charge in [0.25, 0.3) is 5.91 Å². The molecule has 0 aliphatic rings. The zero-order chi connectivity index (χ0) is 19.5. The highest BCUT2D eigenvalue weighted by atomic mass is 16.6. The lowest BCUT2D eigenvalue weighted by Gasteiger charge is -2.09. The average Bonchev–Trinajstić information content (AvgIpc) is 2.69. The van der Waals surface area contributed by atoms with Crippen molar-refractivity contribution in [1.29, 1.82) is 0 Å². The van der Waals surface area contributed by atoms with Crippen LogP contribution in [0.3, 0.4) is 0 Å². The maximum absolute atomic E-state index is 11.5. The van der Waals surface area contributed by atoms with E-state index in [1.54, 1.807) is 24.3 Å². The number of ether oxygens (including phenoxy) is 3. The highest BCUT2D eigenvalue weighted by molar-refractivity contribution is 5.85. The van der Waals surface area contributed by atoms with Gasteiger partial charge in [0.1, 0.15) is 18.1 Å². The van der Waals surface area contributed by atoms with Crippen LogP contribution in [0.2, 0.25) is 0 Å². The Hall–Kier alpha value is -3.55. The number of rotatable bonds is 10. The Morgan fingerprint density at radius 2 is 1.48 bits per heavy atom. The van der Waals surface area contributed by atoms with E-state index >= 15 is 0 Å². The molecule has 2 aromatic rings. The number of amides is 2. The molecule has 2 amide bonds. The van der Waals surface area contributed by atoms with Crippen LogP contribution < -0.4 is 20.5 Å². The first kappa shape index (κ1) is 19.8. The van der Waals surface area contributed by atoms with Crippen LogP contribution in [0.25, 0.3) is 0 Å². The quantitative estimate of drug-likeness (QED) is 0.596. The van der Waals surface area contributed by atoms with Crippen molar-refractivity contribution in [1.82, 2.24) is 5.32 Å². The first-order valence-electron chi connectivity index (χ1n) is 8.13. The van der Waals surface area contributed by atoms with Gasteiger partial charge in [-0.05, 0) is 29.8 Å². The number of esters is 1. The molecule has 0 saturated carbocycles. The minimum atomic E-state index is -0.714. The molecule has 0 radical (unpaired) electrons. The summed E-state index contributed by atoms with van der Waals surface area (Å²) in [6, 6.07) is 16.5. The van der Waals surface area contributed by atoms with Gasteiger partial charge in [-0.2, -0.15) is 0 Å². The zero-order valence-corrected chi connectivity index (χ0v) is 14.6. The predicted molar refractivity (Wildman–Crippen MR) is 95.9 cm³/mol. The molecule has 27 heavy (non-hydrogen) atoms. The molecule has 2 rings (SSSR count). The van der Waals surface area contributed by atoms with E-state index in [9.17, 15) is 14.4 Å². The largest absolute Gasteiger partial charge is 0.489 e. The van der Waals surface area contributed by atoms with Crippen LogP contribution in [0.1, 0.15) is 5.56 Å². The molecular formula is C19H20N2O6. The SMILES string of the molecule is NC(=O)CNC(=O)COC(=O)COc1ccc(OCc2ccccc2)cc1. The number of hydrogen-bond donors (Lipinski definition) is 2. The molecule has 0 fully saturated rings. The Labute approximate surface area is 156 Å². The van der Waals surface area contributed by atoms with E-state index in [2.05, 4.69) is 5.32 Å². The van der Waals surface area contributed by atoms with Crippen molar-refractivity contribution in [2.75, 3.05) is 19.8 Å². The highest BCUT2D eigenvalue weighted by Gasteiger charge is 2.09. The molecule has 0 atom stereocenters. The number of hydrogen-bond acceptors (Lipinski definition) is 6. The number of carbonyl (C=O) groups is 3. The number of nitrogens with one attached hydrogen (secondary N) is 1. The van der Waals surface area contributed by atoms with Gasteiger partial charge in [0.15, 0.2) is 13.2 Å². The van der Waals surface area contributed by atoms with Crippen LogP contribution in [0.5, 0.6) is 11.5 Å². The van der Waals surface area contributed by atoms with Crippen molar-refractivity contribution in [3.8, 4) is 11.5 Å². The second kappa shape index (κ2) is 10.4. The fraction of sp³-hybridized carbons (Fsp3) is 0.211. The highest BCUT2D eigenvalue weighted by Crippen LogP contribution is 2.18. The van der Waals surface area contributed by atoms with Gasteiger partial charge in [0.2, 0.25) is 5.91 Å². The summed E-state index contributed by atoms with van der Waals surface area (Å²) in [7, 11) is 0. The van der Waals surface area contributed by atoms with Gasteiger partial charge >= 0.3 is 5.97 Å². The number of carbonyl (C=O) groups excluding carboxylic acids is 3. The third kappa shape index (κ3) is 7.91. The summed E-state index contributed by atoms with van der Waals surface area (Å²) in [6.07, 6.45) is 0. The number of nitrogens with two attached hydrogens (primary N) is 1. The molecule has 2 aromatic carbocycles. The lowest BCUT2D eigenvalue weighted by molar-refractivity contribution is -0.150. The molecule has 0 aromatic heterocycles. The van der Waals surface area contributed by atoms with Gasteiger partial charge in [-0.25, -0.2) is 4.79 Å². The summed E-state index contributed by atoms with van der Waals surface area (Å²) in [5.41, 5.74) is 5.93. The van der Waals surface area contributed by atoms with Crippen LogP contribution in [-0.4, -0.2) is 37.5 Å². The number of primary amides is 1. The second-order valence-electron chi connectivity index (χ2n) is 5.44. The van der Waals surface area contributed by atoms with Gasteiger partial charge in [0.05, 0.1) is 6.54 Å². The maximum Gasteiger partial charge on any atom is 0.344 e. The predicted octanol–water partition coefficient (Wildman–Crippen LogP) is 0.789. The normalized spacial score (nSPS) is 9.93. The summed E-state index contributed by atoms with van der Waals surface area (Å²) >= 11 is 0. The summed E-state index contributed by atoms with van der Waals surface area (Å²) in [5, 5.41) is 2.20. The van der Waals surface area contributed by atoms with Crippen LogP contribution in [0.15, 0.2) is 54.6 Å². The summed E-state index contributed by atoms with van der Waals surface area (Å²) in [6.45, 7) is -0.730. The van der Waals surface area contributed by atoms with Gasteiger partial charge in [-0.3, -0.25) is 9.59 Å². The lowest BCUT2D eigenvalue weighted by atomic mass is 10.2. The van der Waals surface area contributed by atoms with Gasteiger partial charge in [0, 0.05) is 0 Å². The van der Waals surface area contributed by atoms with Crippen molar-refractivity contribution in [2.24, 2.45) is 5.73 Å². The molecule has 0 aliphatic heterocycles. The lowest BCUT2D eigenvalue weighted by Crippen LogP contribution is -2.36. The van der Waals surface area contributed by atoms with Crippen molar-refractivity contribution in [3.63, 3.8) is 0 Å². The van der Waals surface area contributed by atoms with E-state index in [0.717, 1.165) is 5.56 Å². The van der Waals surface area contributed by atoms with Gasteiger partial charge in [-0.15, -0.1) is 0 Å². The van der Waals surface area contributed by atoms with Crippen LogP contribution in [0, 0.1) is 0 Å². The van der Waals surface area contributed by atoms with Crippen molar-refractivity contribution < 1.29 is 28.6 Å². The molecule has 0 aliphatic carbocycles. The van der Waals surface area contributed by atoms with Crippen LogP contribution in [-0.2, 0) is 25.7 Å². The van der Waals surface area contributed by atoms with Gasteiger partial charge < -0.3 is 25.3 Å². The molecule has 0 unspecified atom stereocenters. The minimum Gasteiger partial charge on any atom is -0.489 e. The van der Waals surface area contributed by atoms with E-state index in [1.165, 1.54) is 0 Å². The first-order chi connectivity index (χ1) is 13.0. The molecule has 0 heterocycles. The monoisotopic (exact) mass is 372 g/mol. The molecule has 8 heteroatoms. The summed E-state index contributed by atoms with van der Waals surface area (Å²) < 4.78 is 15.6. The van der Waals surface area contributed by atoms with Crippen molar-refractivity contribution in [2.45, 2.75) is 6.61 Å². The third-order valence-electron chi connectivity index (χ3n) is 3.25. The fourth-order valence-electron chi connectivity index (χ4n) is 1.94. The molecule has 0 bridgehead atoms. The van der Waals surface area contributed by atoms with Crippen LogP contribution in [0.4, 0.5) is 0 Å². The Kier molecular flexibility index (Phi) is 7.65. The zero-order valence-electron chi connectivity index (χ0n) is 14.6. The topological polar surface area (TPSA) is 117 Å². The van der Waals surface area contributed by atoms with Gasteiger partial charge in [-0.1, -0.05) is 30.3 Å². The molecule has 142 valence electrons. The van der Waals surface area contributed by atoms with Crippen LogP contribution >= 0.6 is 0 Å². The second-order valence-corrected chi connectivity index (χ2v) is 5.44. The first-order valence-corrected chi connectivity index (χ1v) is 8.13. The molecule has 3 N–H and O–H groups in total. The maximum atomic E-state index is 11.5. The average molecular weight is 372 g/mol. The van der Waals surface area contributed by atoms with Crippen molar-refractivity contribution in [3.05, 3.63) is 60.2 Å². The Morgan fingerprint density at radius 3 is 2.11 bits per heavy atom. The van der Waals surface area contributed by atoms with E-state index in [4.69, 9.17) is 19.9 Å².